The molecule has 112 valence electrons. The zero-order valence-electron chi connectivity index (χ0n) is 12.4. The molecule has 2 aromatic rings. The molecule has 0 radical (unpaired) electrons. The molecule has 21 heavy (non-hydrogen) atoms. The van der Waals surface area contributed by atoms with Gasteiger partial charge in [-0.05, 0) is 24.6 Å². The van der Waals surface area contributed by atoms with Crippen LogP contribution in [0.2, 0.25) is 0 Å². The average molecular weight is 289 g/mol. The maximum Gasteiger partial charge on any atom is 0.244 e. The number of rotatable bonds is 7. The lowest BCUT2D eigenvalue weighted by Crippen LogP contribution is -2.11. The van der Waals surface area contributed by atoms with Crippen LogP contribution in [0.3, 0.4) is 0 Å². The van der Waals surface area contributed by atoms with Gasteiger partial charge in [0.05, 0.1) is 25.6 Å². The van der Waals surface area contributed by atoms with Crippen molar-refractivity contribution in [3.05, 3.63) is 30.0 Å². The molecule has 1 aromatic heterocycles. The molecule has 0 spiro atoms. The Kier molecular flexibility index (Phi) is 5.28. The third-order valence-corrected chi connectivity index (χ3v) is 2.77. The van der Waals surface area contributed by atoms with Crippen molar-refractivity contribution in [3.8, 4) is 5.75 Å². The normalized spacial score (nSPS) is 10.2. The SMILES string of the molecule is COCCNc1nncc(Nc2cc(C)ccc2OC)n1. The number of benzene rings is 1. The van der Waals surface area contributed by atoms with E-state index in [4.69, 9.17) is 9.47 Å². The van der Waals surface area contributed by atoms with E-state index in [1.54, 1.807) is 20.4 Å². The van der Waals surface area contributed by atoms with E-state index in [1.807, 2.05) is 25.1 Å². The number of aryl methyl sites for hydroxylation is 1. The highest BCUT2D eigenvalue weighted by atomic mass is 16.5. The van der Waals surface area contributed by atoms with Crippen LogP contribution in [0.15, 0.2) is 24.4 Å². The van der Waals surface area contributed by atoms with Crippen LogP contribution in [-0.4, -0.2) is 42.6 Å². The molecule has 7 heteroatoms. The Bertz CT molecular complexity index is 591. The van der Waals surface area contributed by atoms with Crippen molar-refractivity contribution in [1.82, 2.24) is 15.2 Å². The Morgan fingerprint density at radius 2 is 2.10 bits per heavy atom. The molecule has 0 fully saturated rings. The molecule has 1 heterocycles. The van der Waals surface area contributed by atoms with Gasteiger partial charge in [-0.25, -0.2) is 0 Å². The van der Waals surface area contributed by atoms with Crippen LogP contribution in [0, 0.1) is 6.92 Å². The predicted octanol–water partition coefficient (Wildman–Crippen LogP) is 1.99. The fraction of sp³-hybridized carbons (Fsp3) is 0.357. The van der Waals surface area contributed by atoms with Gasteiger partial charge in [0, 0.05) is 13.7 Å². The van der Waals surface area contributed by atoms with Crippen molar-refractivity contribution in [3.63, 3.8) is 0 Å². The lowest BCUT2D eigenvalue weighted by Gasteiger charge is -2.11. The van der Waals surface area contributed by atoms with Crippen molar-refractivity contribution < 1.29 is 9.47 Å². The minimum atomic E-state index is 0.448. The second kappa shape index (κ2) is 7.39. The number of anilines is 3. The van der Waals surface area contributed by atoms with Crippen molar-refractivity contribution in [2.24, 2.45) is 0 Å². The predicted molar refractivity (Wildman–Crippen MR) is 81.2 cm³/mol. The minimum absolute atomic E-state index is 0.448. The van der Waals surface area contributed by atoms with Gasteiger partial charge in [-0.3, -0.25) is 0 Å². The first-order valence-corrected chi connectivity index (χ1v) is 6.57. The topological polar surface area (TPSA) is 81.2 Å². The summed E-state index contributed by atoms with van der Waals surface area (Å²) < 4.78 is 10.3. The maximum atomic E-state index is 5.32. The second-order valence-electron chi connectivity index (χ2n) is 4.41. The Morgan fingerprint density at radius 3 is 2.86 bits per heavy atom. The summed E-state index contributed by atoms with van der Waals surface area (Å²) in [6, 6.07) is 5.88. The first kappa shape index (κ1) is 15.0. The van der Waals surface area contributed by atoms with Gasteiger partial charge in [0.2, 0.25) is 5.95 Å². The summed E-state index contributed by atoms with van der Waals surface area (Å²) in [5.41, 5.74) is 1.96. The molecule has 0 aliphatic rings. The fourth-order valence-corrected chi connectivity index (χ4v) is 1.76. The second-order valence-corrected chi connectivity index (χ2v) is 4.41. The first-order chi connectivity index (χ1) is 10.2. The molecule has 7 nitrogen and oxygen atoms in total. The van der Waals surface area contributed by atoms with Gasteiger partial charge >= 0.3 is 0 Å². The largest absolute Gasteiger partial charge is 0.495 e. The Morgan fingerprint density at radius 1 is 1.24 bits per heavy atom. The molecular formula is C14H19N5O2. The highest BCUT2D eigenvalue weighted by molar-refractivity contribution is 5.65. The molecule has 2 N–H and O–H groups in total. The van der Waals surface area contributed by atoms with Gasteiger partial charge < -0.3 is 20.1 Å². The van der Waals surface area contributed by atoms with E-state index in [2.05, 4.69) is 25.8 Å². The van der Waals surface area contributed by atoms with E-state index >= 15 is 0 Å². The van der Waals surface area contributed by atoms with Crippen LogP contribution in [0.25, 0.3) is 0 Å². The Hall–Kier alpha value is -2.41. The summed E-state index contributed by atoms with van der Waals surface area (Å²) in [4.78, 5) is 4.34. The molecular weight excluding hydrogens is 270 g/mol. The third kappa shape index (κ3) is 4.28. The highest BCUT2D eigenvalue weighted by Gasteiger charge is 2.06. The van der Waals surface area contributed by atoms with Crippen molar-refractivity contribution in [2.75, 3.05) is 38.0 Å². The van der Waals surface area contributed by atoms with Gasteiger partial charge in [0.15, 0.2) is 5.82 Å². The van der Waals surface area contributed by atoms with Crippen LogP contribution in [0.1, 0.15) is 5.56 Å². The molecule has 0 saturated heterocycles. The van der Waals surface area contributed by atoms with Crippen molar-refractivity contribution in [1.29, 1.82) is 0 Å². The van der Waals surface area contributed by atoms with Crippen LogP contribution in [0.5, 0.6) is 5.75 Å². The van der Waals surface area contributed by atoms with Crippen molar-refractivity contribution in [2.45, 2.75) is 6.92 Å². The number of hydrogen-bond acceptors (Lipinski definition) is 7. The molecule has 0 atom stereocenters. The van der Waals surface area contributed by atoms with E-state index < -0.39 is 0 Å². The smallest absolute Gasteiger partial charge is 0.244 e. The summed E-state index contributed by atoms with van der Waals surface area (Å²) in [5.74, 6) is 1.78. The average Bonchev–Trinajstić information content (AvgIpc) is 2.48. The molecule has 0 unspecified atom stereocenters. The molecule has 1 aromatic carbocycles. The lowest BCUT2D eigenvalue weighted by molar-refractivity contribution is 0.210. The summed E-state index contributed by atoms with van der Waals surface area (Å²) in [5, 5.41) is 14.0. The number of hydrogen-bond donors (Lipinski definition) is 2. The summed E-state index contributed by atoms with van der Waals surface area (Å²) in [6.45, 7) is 3.21. The summed E-state index contributed by atoms with van der Waals surface area (Å²) >= 11 is 0. The monoisotopic (exact) mass is 289 g/mol. The number of ether oxygens (including phenoxy) is 2. The van der Waals surface area contributed by atoms with E-state index in [0.717, 1.165) is 17.0 Å². The maximum absolute atomic E-state index is 5.32. The number of nitrogens with zero attached hydrogens (tertiary/aromatic N) is 3. The highest BCUT2D eigenvalue weighted by Crippen LogP contribution is 2.27. The first-order valence-electron chi connectivity index (χ1n) is 6.57. The lowest BCUT2D eigenvalue weighted by atomic mass is 10.2. The van der Waals surface area contributed by atoms with Gasteiger partial charge in [-0.2, -0.15) is 10.1 Å². The Labute approximate surface area is 123 Å². The molecule has 0 amide bonds. The molecule has 2 rings (SSSR count). The van der Waals surface area contributed by atoms with E-state index in [-0.39, 0.29) is 0 Å². The van der Waals surface area contributed by atoms with Crippen LogP contribution in [-0.2, 0) is 4.74 Å². The standard InChI is InChI=1S/C14H19N5O2/c1-10-4-5-12(21-3)11(8-10)17-13-9-16-19-14(18-13)15-6-7-20-2/h4-5,8-9H,6-7H2,1-3H3,(H2,15,17,18,19). The van der Waals surface area contributed by atoms with E-state index in [0.29, 0.717) is 24.9 Å². The quantitative estimate of drug-likeness (QED) is 0.754. The number of nitrogens with one attached hydrogen (secondary N) is 2. The molecule has 0 bridgehead atoms. The van der Waals surface area contributed by atoms with E-state index in [9.17, 15) is 0 Å². The zero-order chi connectivity index (χ0) is 15.1. The summed E-state index contributed by atoms with van der Waals surface area (Å²) in [7, 11) is 3.27. The van der Waals surface area contributed by atoms with E-state index in [1.165, 1.54) is 0 Å². The van der Waals surface area contributed by atoms with Gasteiger partial charge in [-0.1, -0.05) is 6.07 Å². The molecule has 0 aliphatic carbocycles. The minimum Gasteiger partial charge on any atom is -0.495 e. The molecule has 0 saturated carbocycles. The summed E-state index contributed by atoms with van der Waals surface area (Å²) in [6.07, 6.45) is 1.56. The van der Waals surface area contributed by atoms with Gasteiger partial charge in [0.25, 0.3) is 0 Å². The zero-order valence-corrected chi connectivity index (χ0v) is 12.4. The number of methoxy groups -OCH3 is 2. The van der Waals surface area contributed by atoms with Crippen LogP contribution >= 0.6 is 0 Å². The van der Waals surface area contributed by atoms with Crippen LogP contribution in [0.4, 0.5) is 17.5 Å². The van der Waals surface area contributed by atoms with Crippen LogP contribution < -0.4 is 15.4 Å². The molecule has 0 aliphatic heterocycles. The van der Waals surface area contributed by atoms with Gasteiger partial charge in [-0.15, -0.1) is 5.10 Å². The third-order valence-electron chi connectivity index (χ3n) is 2.77. The fourth-order valence-electron chi connectivity index (χ4n) is 1.76. The van der Waals surface area contributed by atoms with Crippen molar-refractivity contribution >= 4 is 17.5 Å². The van der Waals surface area contributed by atoms with Gasteiger partial charge in [0.1, 0.15) is 5.75 Å². The number of aromatic nitrogens is 3. The Balaban J connectivity index is 2.12.